The van der Waals surface area contributed by atoms with Gasteiger partial charge in [0.15, 0.2) is 0 Å². The van der Waals surface area contributed by atoms with Crippen LogP contribution in [-0.2, 0) is 25.5 Å². The van der Waals surface area contributed by atoms with Gasteiger partial charge in [-0.05, 0) is 97.8 Å². The molecule has 3 saturated heterocycles. The summed E-state index contributed by atoms with van der Waals surface area (Å²) < 4.78 is 33.3. The van der Waals surface area contributed by atoms with E-state index in [2.05, 4.69) is 26.2 Å². The Morgan fingerprint density at radius 2 is 1.58 bits per heavy atom. The fourth-order valence-electron chi connectivity index (χ4n) is 8.73. The number of imide groups is 2. The number of hydrogen-bond donors (Lipinski definition) is 6. The van der Waals surface area contributed by atoms with E-state index in [1.807, 2.05) is 17.0 Å². The molecule has 0 bridgehead atoms. The predicted molar refractivity (Wildman–Crippen MR) is 238 cm³/mol. The summed E-state index contributed by atoms with van der Waals surface area (Å²) >= 11 is 0. The summed E-state index contributed by atoms with van der Waals surface area (Å²) in [6.07, 6.45) is 2.46. The van der Waals surface area contributed by atoms with Gasteiger partial charge in [-0.25, -0.2) is 8.78 Å². The zero-order valence-corrected chi connectivity index (χ0v) is 35.5. The maximum absolute atomic E-state index is 13.9. The van der Waals surface area contributed by atoms with E-state index in [9.17, 15) is 37.5 Å². The number of nitrogen functional groups attached to an aromatic ring is 1. The predicted octanol–water partition coefficient (Wildman–Crippen LogP) is 4.43. The second kappa shape index (κ2) is 19.3. The molecule has 6 amide bonds. The van der Waals surface area contributed by atoms with Crippen molar-refractivity contribution in [3.8, 4) is 0 Å². The highest BCUT2D eigenvalue weighted by Gasteiger charge is 2.45. The van der Waals surface area contributed by atoms with Gasteiger partial charge in [0.2, 0.25) is 17.7 Å². The van der Waals surface area contributed by atoms with Crippen molar-refractivity contribution in [2.75, 3.05) is 67.2 Å². The Bertz CT molecular complexity index is 2550. The van der Waals surface area contributed by atoms with Crippen LogP contribution in [0, 0.1) is 17.0 Å². The second-order valence-electron chi connectivity index (χ2n) is 16.5. The quantitative estimate of drug-likeness (QED) is 0.0363. The van der Waals surface area contributed by atoms with Crippen molar-refractivity contribution in [2.24, 2.45) is 0 Å². The first-order chi connectivity index (χ1) is 31.3. The number of halogens is 2. The summed E-state index contributed by atoms with van der Waals surface area (Å²) in [5.41, 5.74) is 10.3. The Labute approximate surface area is 373 Å². The molecule has 0 radical (unpaired) electrons. The largest absolute Gasteiger partial charge is 0.398 e. The molecule has 8 rings (SSSR count). The highest BCUT2D eigenvalue weighted by atomic mass is 19.1. The zero-order valence-electron chi connectivity index (χ0n) is 35.5. The molecule has 3 fully saturated rings. The first-order valence-corrected chi connectivity index (χ1v) is 21.7. The number of nitrogens with zero attached hydrogens (tertiary/aromatic N) is 3. The molecule has 4 aromatic rings. The molecular formula is C47H49F2N9O7. The number of benzene rings is 4. The van der Waals surface area contributed by atoms with Crippen molar-refractivity contribution in [2.45, 2.75) is 57.0 Å². The van der Waals surface area contributed by atoms with Crippen LogP contribution in [0.5, 0.6) is 0 Å². The Morgan fingerprint density at radius 1 is 0.831 bits per heavy atom. The van der Waals surface area contributed by atoms with E-state index < -0.39 is 47.2 Å². The van der Waals surface area contributed by atoms with Gasteiger partial charge in [-0.15, -0.1) is 0 Å². The Morgan fingerprint density at radius 3 is 2.32 bits per heavy atom. The normalized spacial score (nSPS) is 17.8. The topological polar surface area (TPSA) is 219 Å². The van der Waals surface area contributed by atoms with Gasteiger partial charge >= 0.3 is 0 Å². The second-order valence-corrected chi connectivity index (χ2v) is 16.5. The van der Waals surface area contributed by atoms with Crippen molar-refractivity contribution in [3.05, 3.63) is 118 Å². The average Bonchev–Trinajstić information content (AvgIpc) is 3.54. The zero-order chi connectivity index (χ0) is 45.8. The van der Waals surface area contributed by atoms with Crippen LogP contribution in [0.4, 0.5) is 31.5 Å². The molecule has 4 aromatic carbocycles. The molecule has 0 aromatic heterocycles. The molecule has 4 aliphatic heterocycles. The summed E-state index contributed by atoms with van der Waals surface area (Å²) in [5.74, 6) is -4.48. The first kappa shape index (κ1) is 44.4. The summed E-state index contributed by atoms with van der Waals surface area (Å²) in [6, 6.07) is 17.5. The number of nitrogens with two attached hydrogens (primary N) is 1. The van der Waals surface area contributed by atoms with E-state index in [0.29, 0.717) is 80.4 Å². The van der Waals surface area contributed by atoms with Gasteiger partial charge in [-0.2, -0.15) is 0 Å². The molecule has 65 heavy (non-hydrogen) atoms. The number of rotatable bonds is 13. The minimum atomic E-state index is -1.07. The maximum Gasteiger partial charge on any atom is 0.264 e. The minimum Gasteiger partial charge on any atom is -0.398 e. The number of piperazine rings is 1. The highest BCUT2D eigenvalue weighted by Crippen LogP contribution is 2.33. The molecule has 1 atom stereocenters. The van der Waals surface area contributed by atoms with Crippen molar-refractivity contribution in [3.63, 3.8) is 0 Å². The number of nitrogens with one attached hydrogen (secondary N) is 5. The SMILES string of the molecule is N=C(NC(=O)c1ccc(N2CCN(C(=O)CCCNc3cccc4c3C(=O)N(C3CCC(=O)NC3=O)C4=O)CC2)cc1NC1CCOCC1)c1cc(Cc2cc(F)cc(F)c2)ccc1N. The molecule has 0 spiro atoms. The number of amides is 6. The molecule has 4 heterocycles. The number of carbonyl (C=O) groups excluding carboxylic acids is 6. The molecule has 4 aliphatic rings. The van der Waals surface area contributed by atoms with E-state index in [1.165, 1.54) is 18.2 Å². The lowest BCUT2D eigenvalue weighted by Gasteiger charge is -2.36. The van der Waals surface area contributed by atoms with Crippen molar-refractivity contribution in [1.82, 2.24) is 20.4 Å². The van der Waals surface area contributed by atoms with E-state index in [1.54, 1.807) is 36.4 Å². The van der Waals surface area contributed by atoms with E-state index in [-0.39, 0.29) is 65.8 Å². The molecular weight excluding hydrogens is 841 g/mol. The van der Waals surface area contributed by atoms with Gasteiger partial charge < -0.3 is 36.2 Å². The van der Waals surface area contributed by atoms with Crippen molar-refractivity contribution >= 4 is 64.0 Å². The molecule has 0 saturated carbocycles. The molecule has 16 nitrogen and oxygen atoms in total. The molecule has 1 unspecified atom stereocenters. The van der Waals surface area contributed by atoms with Crippen molar-refractivity contribution in [1.29, 1.82) is 5.41 Å². The van der Waals surface area contributed by atoms with Crippen LogP contribution >= 0.6 is 0 Å². The van der Waals surface area contributed by atoms with Gasteiger partial charge in [0, 0.05) is 99.2 Å². The number of piperidine rings is 1. The third kappa shape index (κ3) is 9.97. The highest BCUT2D eigenvalue weighted by molar-refractivity contribution is 6.25. The fourth-order valence-corrected chi connectivity index (χ4v) is 8.73. The summed E-state index contributed by atoms with van der Waals surface area (Å²) in [5, 5.41) is 20.4. The van der Waals surface area contributed by atoms with Gasteiger partial charge in [-0.3, -0.25) is 44.4 Å². The molecule has 7 N–H and O–H groups in total. The fraction of sp³-hybridized carbons (Fsp3) is 0.340. The van der Waals surface area contributed by atoms with Crippen LogP contribution in [0.1, 0.15) is 86.3 Å². The number of ether oxygens (including phenoxy) is 1. The third-order valence-electron chi connectivity index (χ3n) is 12.1. The standard InChI is InChI=1S/C47H49F2N9O7/c48-29-22-28(23-30(49)25-29)21-27-6-9-36(50)35(24-27)43(51)55-44(61)33-8-7-32(26-38(33)53-31-12-19-65-20-13-31)56-15-17-57(18-16-56)41(60)5-2-14-52-37-4-1-3-34-42(37)47(64)58(46(34)63)39-10-11-40(59)54-45(39)62/h1,3-4,6-9,22-26,31,39,52-53H,2,5,10-21,50H2,(H2,51,55,61)(H,54,59,62). The third-order valence-corrected chi connectivity index (χ3v) is 12.1. The lowest BCUT2D eigenvalue weighted by molar-refractivity contribution is -0.136. The first-order valence-electron chi connectivity index (χ1n) is 21.7. The summed E-state index contributed by atoms with van der Waals surface area (Å²) in [6.45, 7) is 3.55. The Kier molecular flexibility index (Phi) is 13.2. The number of anilines is 4. The number of amidine groups is 1. The minimum absolute atomic E-state index is 0.0228. The van der Waals surface area contributed by atoms with Gasteiger partial charge in [-0.1, -0.05) is 12.1 Å². The molecule has 0 aliphatic carbocycles. The lowest BCUT2D eigenvalue weighted by atomic mass is 10.0. The van der Waals surface area contributed by atoms with Crippen LogP contribution in [-0.4, -0.2) is 109 Å². The van der Waals surface area contributed by atoms with Crippen LogP contribution in [0.3, 0.4) is 0 Å². The Hall–Kier alpha value is -7.21. The molecule has 338 valence electrons. The van der Waals surface area contributed by atoms with Gasteiger partial charge in [0.1, 0.15) is 23.5 Å². The van der Waals surface area contributed by atoms with Crippen LogP contribution in [0.15, 0.2) is 72.8 Å². The maximum atomic E-state index is 13.9. The summed E-state index contributed by atoms with van der Waals surface area (Å²) in [4.78, 5) is 82.8. The summed E-state index contributed by atoms with van der Waals surface area (Å²) in [7, 11) is 0. The van der Waals surface area contributed by atoms with Crippen LogP contribution in [0.25, 0.3) is 0 Å². The number of fused-ring (bicyclic) bond motifs is 1. The van der Waals surface area contributed by atoms with Crippen LogP contribution in [0.2, 0.25) is 0 Å². The van der Waals surface area contributed by atoms with Crippen LogP contribution < -0.4 is 31.9 Å². The monoisotopic (exact) mass is 889 g/mol. The molecule has 18 heteroatoms. The smallest absolute Gasteiger partial charge is 0.264 e. The Balaban J connectivity index is 0.865. The van der Waals surface area contributed by atoms with E-state index >= 15 is 0 Å². The van der Waals surface area contributed by atoms with Gasteiger partial charge in [0.25, 0.3) is 17.7 Å². The van der Waals surface area contributed by atoms with Crippen molar-refractivity contribution < 1.29 is 42.3 Å². The van der Waals surface area contributed by atoms with Gasteiger partial charge in [0.05, 0.1) is 16.7 Å². The lowest BCUT2D eigenvalue weighted by Crippen LogP contribution is -2.54. The number of hydrogen-bond acceptors (Lipinski definition) is 12. The van der Waals surface area contributed by atoms with E-state index in [4.69, 9.17) is 15.9 Å². The average molecular weight is 890 g/mol. The van der Waals surface area contributed by atoms with E-state index in [0.717, 1.165) is 29.5 Å². The number of carbonyl (C=O) groups is 6.